The van der Waals surface area contributed by atoms with Crippen LogP contribution >= 0.6 is 11.3 Å². The van der Waals surface area contributed by atoms with Gasteiger partial charge < -0.3 is 19.0 Å². The van der Waals surface area contributed by atoms with Crippen LogP contribution in [0.4, 0.5) is 4.39 Å². The lowest BCUT2D eigenvalue weighted by molar-refractivity contribution is -0.133. The number of ether oxygens (including phenoxy) is 1. The molecule has 0 spiro atoms. The van der Waals surface area contributed by atoms with Gasteiger partial charge in [0.05, 0.1) is 24.3 Å². The van der Waals surface area contributed by atoms with Crippen molar-refractivity contribution < 1.29 is 23.1 Å². The van der Waals surface area contributed by atoms with Gasteiger partial charge in [-0.25, -0.2) is 4.39 Å². The van der Waals surface area contributed by atoms with Gasteiger partial charge in [-0.05, 0) is 41.3 Å². The molecule has 8 heteroatoms. The fourth-order valence-corrected chi connectivity index (χ4v) is 3.60. The zero-order chi connectivity index (χ0) is 21.3. The smallest absolute Gasteiger partial charge is 0.264 e. The van der Waals surface area contributed by atoms with Gasteiger partial charge in [0, 0.05) is 20.2 Å². The molecule has 2 aromatic heterocycles. The molecule has 0 unspecified atom stereocenters. The zero-order valence-electron chi connectivity index (χ0n) is 16.6. The zero-order valence-corrected chi connectivity index (χ0v) is 17.4. The van der Waals surface area contributed by atoms with Gasteiger partial charge in [-0.2, -0.15) is 0 Å². The average molecular weight is 431 g/mol. The predicted molar refractivity (Wildman–Crippen MR) is 111 cm³/mol. The van der Waals surface area contributed by atoms with Crippen molar-refractivity contribution in [1.29, 1.82) is 0 Å². The van der Waals surface area contributed by atoms with E-state index in [1.54, 1.807) is 54.7 Å². The first-order valence-corrected chi connectivity index (χ1v) is 10.3. The van der Waals surface area contributed by atoms with Crippen LogP contribution in [0.1, 0.15) is 21.0 Å². The van der Waals surface area contributed by atoms with E-state index in [0.717, 1.165) is 5.56 Å². The number of methoxy groups -OCH3 is 1. The van der Waals surface area contributed by atoms with Crippen molar-refractivity contribution in [3.63, 3.8) is 0 Å². The third kappa shape index (κ3) is 6.01. The van der Waals surface area contributed by atoms with Crippen LogP contribution in [0, 0.1) is 5.82 Å². The van der Waals surface area contributed by atoms with E-state index in [1.807, 2.05) is 5.38 Å². The molecule has 0 saturated carbocycles. The molecule has 6 nitrogen and oxygen atoms in total. The molecule has 158 valence electrons. The van der Waals surface area contributed by atoms with Crippen molar-refractivity contribution >= 4 is 23.2 Å². The highest BCUT2D eigenvalue weighted by molar-refractivity contribution is 7.12. The third-order valence-corrected chi connectivity index (χ3v) is 5.33. The minimum atomic E-state index is -0.338. The van der Waals surface area contributed by atoms with Crippen molar-refractivity contribution in [2.24, 2.45) is 0 Å². The number of carbonyl (C=O) groups is 2. The van der Waals surface area contributed by atoms with Crippen LogP contribution in [-0.2, 0) is 22.6 Å². The van der Waals surface area contributed by atoms with E-state index < -0.39 is 0 Å². The molecular formula is C22H23FN2O4S. The van der Waals surface area contributed by atoms with Crippen LogP contribution in [0.5, 0.6) is 0 Å². The Hall–Kier alpha value is -2.97. The molecule has 3 rings (SSSR count). The number of furan rings is 1. The maximum atomic E-state index is 13.3. The van der Waals surface area contributed by atoms with Crippen molar-refractivity contribution in [3.8, 4) is 0 Å². The van der Waals surface area contributed by atoms with Crippen LogP contribution in [0.25, 0.3) is 0 Å². The summed E-state index contributed by atoms with van der Waals surface area (Å²) in [6.07, 6.45) is 1.54. The standard InChI is InChI=1S/C22H23FN2O4S/c1-28-12-10-24(22(27)20-5-3-13-30-20)16-21(26)25(15-19-4-2-11-29-19)14-17-6-8-18(23)9-7-17/h2-9,11,13H,10,12,14-16H2,1H3. The number of halogens is 1. The number of nitrogens with zero attached hydrogens (tertiary/aromatic N) is 2. The number of amides is 2. The quantitative estimate of drug-likeness (QED) is 0.491. The van der Waals surface area contributed by atoms with Gasteiger partial charge in [-0.1, -0.05) is 18.2 Å². The molecule has 0 aliphatic carbocycles. The van der Waals surface area contributed by atoms with Gasteiger partial charge in [0.2, 0.25) is 5.91 Å². The average Bonchev–Trinajstić information content (AvgIpc) is 3.46. The predicted octanol–water partition coefficient (Wildman–Crippen LogP) is 3.80. The molecule has 0 aliphatic heterocycles. The highest BCUT2D eigenvalue weighted by Crippen LogP contribution is 2.15. The lowest BCUT2D eigenvalue weighted by atomic mass is 10.2. The Morgan fingerprint density at radius 2 is 1.87 bits per heavy atom. The lowest BCUT2D eigenvalue weighted by Gasteiger charge is -2.27. The fraction of sp³-hybridized carbons (Fsp3) is 0.273. The van der Waals surface area contributed by atoms with E-state index in [0.29, 0.717) is 23.8 Å². The summed E-state index contributed by atoms with van der Waals surface area (Å²) < 4.78 is 23.8. The maximum absolute atomic E-state index is 13.3. The highest BCUT2D eigenvalue weighted by atomic mass is 32.1. The van der Waals surface area contributed by atoms with Gasteiger partial charge in [0.15, 0.2) is 0 Å². The van der Waals surface area contributed by atoms with Gasteiger partial charge >= 0.3 is 0 Å². The van der Waals surface area contributed by atoms with Crippen LogP contribution in [-0.4, -0.2) is 48.4 Å². The minimum Gasteiger partial charge on any atom is -0.467 e. The maximum Gasteiger partial charge on any atom is 0.264 e. The van der Waals surface area contributed by atoms with Crippen molar-refractivity contribution in [2.75, 3.05) is 26.8 Å². The summed E-state index contributed by atoms with van der Waals surface area (Å²) in [6.45, 7) is 1.03. The van der Waals surface area contributed by atoms with Crippen LogP contribution in [0.2, 0.25) is 0 Å². The Morgan fingerprint density at radius 1 is 1.07 bits per heavy atom. The first-order chi connectivity index (χ1) is 14.6. The molecule has 0 aliphatic rings. The summed E-state index contributed by atoms with van der Waals surface area (Å²) in [5.74, 6) is -0.166. The Balaban J connectivity index is 1.76. The third-order valence-electron chi connectivity index (χ3n) is 4.48. The van der Waals surface area contributed by atoms with E-state index in [-0.39, 0.29) is 37.3 Å². The molecule has 2 heterocycles. The Kier molecular flexibility index (Phi) is 7.75. The molecule has 1 aromatic carbocycles. The van der Waals surface area contributed by atoms with E-state index >= 15 is 0 Å². The normalized spacial score (nSPS) is 10.7. The summed E-state index contributed by atoms with van der Waals surface area (Å²) in [6, 6.07) is 13.1. The SMILES string of the molecule is COCCN(CC(=O)N(Cc1ccc(F)cc1)Cc1ccco1)C(=O)c1cccs1. The van der Waals surface area contributed by atoms with E-state index in [9.17, 15) is 14.0 Å². The van der Waals surface area contributed by atoms with Gasteiger partial charge in [0.1, 0.15) is 18.1 Å². The van der Waals surface area contributed by atoms with Crippen molar-refractivity contribution in [2.45, 2.75) is 13.1 Å². The molecule has 30 heavy (non-hydrogen) atoms. The summed E-state index contributed by atoms with van der Waals surface area (Å²) in [7, 11) is 1.55. The molecule has 0 radical (unpaired) electrons. The van der Waals surface area contributed by atoms with E-state index in [4.69, 9.17) is 9.15 Å². The van der Waals surface area contributed by atoms with Crippen molar-refractivity contribution in [1.82, 2.24) is 9.80 Å². The fourth-order valence-electron chi connectivity index (χ4n) is 2.91. The van der Waals surface area contributed by atoms with Crippen molar-refractivity contribution in [3.05, 3.63) is 82.2 Å². The van der Waals surface area contributed by atoms with Gasteiger partial charge in [-0.15, -0.1) is 11.3 Å². The van der Waals surface area contributed by atoms with E-state index in [1.165, 1.54) is 28.4 Å². The molecule has 3 aromatic rings. The molecule has 0 bridgehead atoms. The molecule has 2 amide bonds. The topological polar surface area (TPSA) is 63.0 Å². The molecule has 0 saturated heterocycles. The summed E-state index contributed by atoms with van der Waals surface area (Å²) in [4.78, 5) is 29.6. The highest BCUT2D eigenvalue weighted by Gasteiger charge is 2.23. The monoisotopic (exact) mass is 430 g/mol. The first-order valence-electron chi connectivity index (χ1n) is 9.43. The summed E-state index contributed by atoms with van der Waals surface area (Å²) in [5, 5.41) is 1.82. The second kappa shape index (κ2) is 10.7. The first kappa shape index (κ1) is 21.7. The van der Waals surface area contributed by atoms with Gasteiger partial charge in [0.25, 0.3) is 5.91 Å². The number of hydrogen-bond acceptors (Lipinski definition) is 5. The minimum absolute atomic E-state index is 0.0952. The number of thiophene rings is 1. The summed E-state index contributed by atoms with van der Waals surface area (Å²) in [5.41, 5.74) is 0.782. The molecule has 0 atom stereocenters. The second-order valence-corrected chi connectivity index (χ2v) is 7.60. The molecule has 0 fully saturated rings. The summed E-state index contributed by atoms with van der Waals surface area (Å²) >= 11 is 1.33. The Bertz CT molecular complexity index is 927. The van der Waals surface area contributed by atoms with E-state index in [2.05, 4.69) is 0 Å². The second-order valence-electron chi connectivity index (χ2n) is 6.65. The Labute approximate surface area is 178 Å². The number of rotatable bonds is 10. The van der Waals surface area contributed by atoms with Gasteiger partial charge in [-0.3, -0.25) is 9.59 Å². The number of hydrogen-bond donors (Lipinski definition) is 0. The number of benzene rings is 1. The van der Waals surface area contributed by atoms with Crippen LogP contribution in [0.3, 0.4) is 0 Å². The number of carbonyl (C=O) groups excluding carboxylic acids is 2. The lowest BCUT2D eigenvalue weighted by Crippen LogP contribution is -2.43. The molecule has 0 N–H and O–H groups in total. The Morgan fingerprint density at radius 3 is 2.50 bits per heavy atom. The van der Waals surface area contributed by atoms with Crippen LogP contribution in [0.15, 0.2) is 64.6 Å². The largest absolute Gasteiger partial charge is 0.467 e. The molecular weight excluding hydrogens is 407 g/mol. The van der Waals surface area contributed by atoms with Crippen LogP contribution < -0.4 is 0 Å².